The van der Waals surface area contributed by atoms with Gasteiger partial charge in [0.25, 0.3) is 0 Å². The number of aromatic carboxylic acids is 1. The highest BCUT2D eigenvalue weighted by Gasteiger charge is 2.15. The smallest absolute Gasteiger partial charge is 0.335 e. The number of imidazole rings is 1. The number of nitrogens with one attached hydrogen (secondary N) is 1. The van der Waals surface area contributed by atoms with E-state index < -0.39 is 5.97 Å². The molecule has 0 fully saturated rings. The van der Waals surface area contributed by atoms with Crippen LogP contribution in [0.15, 0.2) is 67.0 Å². The second-order valence-corrected chi connectivity index (χ2v) is 5.59. The number of hydrogen-bond donors (Lipinski definition) is 2. The lowest BCUT2D eigenvalue weighted by Crippen LogP contribution is -2.00. The largest absolute Gasteiger partial charge is 0.478 e. The molecule has 3 aromatic rings. The standard InChI is InChI=1S/C20H18N2O2/c1-14(19-21-11-12-22-19)18(16-5-3-2-4-6-16)13-15-7-9-17(10-8-15)20(23)24/h2-14H,1H3,(H,21,22)(H,23,24). The van der Waals surface area contributed by atoms with Crippen LogP contribution < -0.4 is 0 Å². The van der Waals surface area contributed by atoms with E-state index in [1.807, 2.05) is 36.5 Å². The predicted molar refractivity (Wildman–Crippen MR) is 94.7 cm³/mol. The van der Waals surface area contributed by atoms with Crippen molar-refractivity contribution in [3.8, 4) is 0 Å². The first-order chi connectivity index (χ1) is 11.6. The molecule has 1 atom stereocenters. The van der Waals surface area contributed by atoms with E-state index in [-0.39, 0.29) is 11.5 Å². The molecule has 0 spiro atoms. The van der Waals surface area contributed by atoms with Gasteiger partial charge in [-0.15, -0.1) is 0 Å². The number of aromatic nitrogens is 2. The first-order valence-electron chi connectivity index (χ1n) is 7.75. The summed E-state index contributed by atoms with van der Waals surface area (Å²) < 4.78 is 0. The zero-order chi connectivity index (χ0) is 16.9. The SMILES string of the molecule is CC(C(=Cc1ccc(C(=O)O)cc1)c1ccccc1)c1ncc[nH]1. The minimum atomic E-state index is -0.919. The molecular weight excluding hydrogens is 300 g/mol. The molecule has 3 rings (SSSR count). The Balaban J connectivity index is 2.02. The molecule has 4 heteroatoms. The van der Waals surface area contributed by atoms with Crippen molar-refractivity contribution in [2.75, 3.05) is 0 Å². The van der Waals surface area contributed by atoms with Crippen LogP contribution in [0.1, 0.15) is 40.2 Å². The second kappa shape index (κ2) is 6.96. The summed E-state index contributed by atoms with van der Waals surface area (Å²) in [5.74, 6) is 0.0616. The highest BCUT2D eigenvalue weighted by atomic mass is 16.4. The van der Waals surface area contributed by atoms with Crippen LogP contribution in [0.2, 0.25) is 0 Å². The lowest BCUT2D eigenvalue weighted by molar-refractivity contribution is 0.0697. The molecule has 0 radical (unpaired) electrons. The predicted octanol–water partition coefficient (Wildman–Crippen LogP) is 4.45. The lowest BCUT2D eigenvalue weighted by atomic mass is 9.91. The van der Waals surface area contributed by atoms with Gasteiger partial charge in [0.1, 0.15) is 5.82 Å². The van der Waals surface area contributed by atoms with E-state index in [4.69, 9.17) is 5.11 Å². The first-order valence-corrected chi connectivity index (χ1v) is 7.75. The number of carboxylic acids is 1. The Kier molecular flexibility index (Phi) is 4.57. The maximum atomic E-state index is 11.0. The van der Waals surface area contributed by atoms with Gasteiger partial charge in [-0.2, -0.15) is 0 Å². The summed E-state index contributed by atoms with van der Waals surface area (Å²) in [5.41, 5.74) is 3.47. The summed E-state index contributed by atoms with van der Waals surface area (Å²) in [5, 5.41) is 9.02. The van der Waals surface area contributed by atoms with Gasteiger partial charge in [0.05, 0.1) is 5.56 Å². The third-order valence-electron chi connectivity index (χ3n) is 3.98. The van der Waals surface area contributed by atoms with Crippen molar-refractivity contribution >= 4 is 17.6 Å². The average Bonchev–Trinajstić information content (AvgIpc) is 3.15. The molecule has 0 aliphatic heterocycles. The number of nitrogens with zero attached hydrogens (tertiary/aromatic N) is 1. The van der Waals surface area contributed by atoms with Crippen LogP contribution in [0.25, 0.3) is 11.6 Å². The molecule has 0 aliphatic carbocycles. The fourth-order valence-electron chi connectivity index (χ4n) is 2.65. The van der Waals surface area contributed by atoms with E-state index in [1.165, 1.54) is 0 Å². The van der Waals surface area contributed by atoms with Gasteiger partial charge in [-0.05, 0) is 28.8 Å². The molecule has 2 aromatic carbocycles. The Labute approximate surface area is 140 Å². The molecule has 0 bridgehead atoms. The van der Waals surface area contributed by atoms with Gasteiger partial charge in [-0.3, -0.25) is 0 Å². The van der Waals surface area contributed by atoms with Crippen LogP contribution in [0, 0.1) is 0 Å². The fraction of sp³-hybridized carbons (Fsp3) is 0.100. The third-order valence-corrected chi connectivity index (χ3v) is 3.98. The number of benzene rings is 2. The molecule has 4 nitrogen and oxygen atoms in total. The van der Waals surface area contributed by atoms with Gasteiger partial charge in [0.2, 0.25) is 0 Å². The molecule has 2 N–H and O–H groups in total. The maximum absolute atomic E-state index is 11.0. The van der Waals surface area contributed by atoms with Crippen LogP contribution in [0.4, 0.5) is 0 Å². The minimum absolute atomic E-state index is 0.0848. The second-order valence-electron chi connectivity index (χ2n) is 5.59. The number of aromatic amines is 1. The monoisotopic (exact) mass is 318 g/mol. The lowest BCUT2D eigenvalue weighted by Gasteiger charge is -2.15. The molecule has 0 aliphatic rings. The minimum Gasteiger partial charge on any atom is -0.478 e. The Hall–Kier alpha value is -3.14. The molecule has 0 amide bonds. The number of rotatable bonds is 5. The van der Waals surface area contributed by atoms with Gasteiger partial charge in [-0.1, -0.05) is 55.5 Å². The van der Waals surface area contributed by atoms with Gasteiger partial charge in [0.15, 0.2) is 0 Å². The molecular formula is C20H18N2O2. The topological polar surface area (TPSA) is 66.0 Å². The Bertz CT molecular complexity index is 835. The Morgan fingerprint density at radius 2 is 1.79 bits per heavy atom. The third kappa shape index (κ3) is 3.43. The van der Waals surface area contributed by atoms with Crippen LogP contribution >= 0.6 is 0 Å². The highest BCUT2D eigenvalue weighted by molar-refractivity contribution is 5.89. The van der Waals surface area contributed by atoms with E-state index in [1.54, 1.807) is 18.3 Å². The summed E-state index contributed by atoms with van der Waals surface area (Å²) in [6.07, 6.45) is 5.64. The number of carboxylic acid groups (broad SMARTS) is 1. The molecule has 1 unspecified atom stereocenters. The van der Waals surface area contributed by atoms with Gasteiger partial charge >= 0.3 is 5.97 Å². The zero-order valence-electron chi connectivity index (χ0n) is 13.3. The molecule has 0 saturated carbocycles. The Morgan fingerprint density at radius 3 is 2.38 bits per heavy atom. The van der Waals surface area contributed by atoms with Crippen LogP contribution in [-0.2, 0) is 0 Å². The van der Waals surface area contributed by atoms with Gasteiger partial charge in [-0.25, -0.2) is 9.78 Å². The first kappa shape index (κ1) is 15.7. The van der Waals surface area contributed by atoms with Crippen LogP contribution in [0.5, 0.6) is 0 Å². The number of hydrogen-bond acceptors (Lipinski definition) is 2. The summed E-state index contributed by atoms with van der Waals surface area (Å²) in [7, 11) is 0. The van der Waals surface area contributed by atoms with Crippen molar-refractivity contribution in [1.29, 1.82) is 0 Å². The van der Waals surface area contributed by atoms with Crippen molar-refractivity contribution in [2.45, 2.75) is 12.8 Å². The van der Waals surface area contributed by atoms with E-state index in [0.717, 1.165) is 22.5 Å². The number of allylic oxidation sites excluding steroid dienone is 1. The average molecular weight is 318 g/mol. The van der Waals surface area contributed by atoms with Crippen LogP contribution in [-0.4, -0.2) is 21.0 Å². The van der Waals surface area contributed by atoms with Crippen molar-refractivity contribution in [3.05, 3.63) is 89.5 Å². The highest BCUT2D eigenvalue weighted by Crippen LogP contribution is 2.31. The van der Waals surface area contributed by atoms with E-state index in [0.29, 0.717) is 0 Å². The molecule has 24 heavy (non-hydrogen) atoms. The van der Waals surface area contributed by atoms with Crippen molar-refractivity contribution in [1.82, 2.24) is 9.97 Å². The summed E-state index contributed by atoms with van der Waals surface area (Å²) in [6, 6.07) is 17.0. The summed E-state index contributed by atoms with van der Waals surface area (Å²) >= 11 is 0. The van der Waals surface area contributed by atoms with Gasteiger partial charge < -0.3 is 10.1 Å². The van der Waals surface area contributed by atoms with Crippen molar-refractivity contribution in [3.63, 3.8) is 0 Å². The van der Waals surface area contributed by atoms with E-state index >= 15 is 0 Å². The quantitative estimate of drug-likeness (QED) is 0.683. The van der Waals surface area contributed by atoms with Gasteiger partial charge in [0, 0.05) is 18.3 Å². The summed E-state index contributed by atoms with van der Waals surface area (Å²) in [4.78, 5) is 18.5. The molecule has 120 valence electrons. The normalized spacial score (nSPS) is 12.8. The molecule has 1 heterocycles. The fourth-order valence-corrected chi connectivity index (χ4v) is 2.65. The maximum Gasteiger partial charge on any atom is 0.335 e. The zero-order valence-corrected chi connectivity index (χ0v) is 13.3. The Morgan fingerprint density at radius 1 is 1.08 bits per heavy atom. The molecule has 0 saturated heterocycles. The number of H-pyrrole nitrogens is 1. The molecule has 1 aromatic heterocycles. The van der Waals surface area contributed by atoms with Crippen molar-refractivity contribution in [2.24, 2.45) is 0 Å². The summed E-state index contributed by atoms with van der Waals surface area (Å²) in [6.45, 7) is 2.10. The number of carbonyl (C=O) groups is 1. The van der Waals surface area contributed by atoms with E-state index in [9.17, 15) is 4.79 Å². The van der Waals surface area contributed by atoms with Crippen molar-refractivity contribution < 1.29 is 9.90 Å². The van der Waals surface area contributed by atoms with E-state index in [2.05, 4.69) is 35.1 Å². The van der Waals surface area contributed by atoms with Crippen LogP contribution in [0.3, 0.4) is 0 Å².